The zero-order chi connectivity index (χ0) is 17.4. The fraction of sp³-hybridized carbons (Fsp3) is 0.111. The minimum absolute atomic E-state index is 0.264. The zero-order valence-corrected chi connectivity index (χ0v) is 13.0. The fourth-order valence-corrected chi connectivity index (χ4v) is 2.71. The summed E-state index contributed by atoms with van der Waals surface area (Å²) in [5.74, 6) is 0.264. The molecule has 4 rings (SSSR count). The quantitative estimate of drug-likeness (QED) is 0.775. The average molecular weight is 342 g/mol. The number of allylic oxidation sites excluding steroid dienone is 1. The highest BCUT2D eigenvalue weighted by Crippen LogP contribution is 2.31. The molecule has 0 radical (unpaired) electrons. The Labute approximate surface area is 142 Å². The summed E-state index contributed by atoms with van der Waals surface area (Å²) in [5, 5.41) is 0. The van der Waals surface area contributed by atoms with Crippen LogP contribution in [0.5, 0.6) is 0 Å². The average Bonchev–Trinajstić information content (AvgIpc) is 3.06. The molecule has 4 nitrogen and oxygen atoms in total. The lowest BCUT2D eigenvalue weighted by atomic mass is 10.0. The summed E-state index contributed by atoms with van der Waals surface area (Å²) < 4.78 is 38.5. The fourth-order valence-electron chi connectivity index (χ4n) is 2.71. The van der Waals surface area contributed by atoms with E-state index in [0.29, 0.717) is 10.6 Å². The Bertz CT molecular complexity index is 885. The van der Waals surface area contributed by atoms with Crippen LogP contribution in [0.2, 0.25) is 0 Å². The van der Waals surface area contributed by atoms with Crippen LogP contribution < -0.4 is 0 Å². The molecule has 2 aromatic rings. The Kier molecular flexibility index (Phi) is 3.56. The van der Waals surface area contributed by atoms with Gasteiger partial charge >= 0.3 is 6.30 Å². The first-order valence-corrected chi connectivity index (χ1v) is 7.60. The van der Waals surface area contributed by atoms with Crippen LogP contribution in [0.4, 0.5) is 13.2 Å². The molecule has 7 heteroatoms. The van der Waals surface area contributed by atoms with Gasteiger partial charge < -0.3 is 4.90 Å². The molecule has 0 bridgehead atoms. The van der Waals surface area contributed by atoms with Crippen molar-refractivity contribution >= 4 is 5.71 Å². The summed E-state index contributed by atoms with van der Waals surface area (Å²) in [6.45, 7) is -0.283. The molecule has 1 aromatic heterocycles. The summed E-state index contributed by atoms with van der Waals surface area (Å²) in [7, 11) is 0. The standard InChI is InChI=1S/C18H13F3N4/c19-18(20,21)25-11-17-23-16(6-7-24(17)12-25)15-8-14(9-22-10-15)13-4-2-1-3-5-13/h1-11H,12H2. The maximum absolute atomic E-state index is 12.8. The van der Waals surface area contributed by atoms with Gasteiger partial charge in [-0.15, -0.1) is 0 Å². The van der Waals surface area contributed by atoms with E-state index in [9.17, 15) is 13.2 Å². The largest absolute Gasteiger partial charge is 0.486 e. The van der Waals surface area contributed by atoms with Crippen LogP contribution >= 0.6 is 0 Å². The summed E-state index contributed by atoms with van der Waals surface area (Å²) in [5.41, 5.74) is 3.27. The highest BCUT2D eigenvalue weighted by molar-refractivity contribution is 6.10. The number of alkyl halides is 3. The molecule has 25 heavy (non-hydrogen) atoms. The number of aromatic nitrogens is 1. The molecule has 1 aromatic carbocycles. The second-order valence-electron chi connectivity index (χ2n) is 5.68. The number of halogens is 3. The van der Waals surface area contributed by atoms with Crippen molar-refractivity contribution in [1.29, 1.82) is 0 Å². The molecule has 0 amide bonds. The highest BCUT2D eigenvalue weighted by Gasteiger charge is 2.40. The minimum Gasteiger partial charge on any atom is -0.313 e. The van der Waals surface area contributed by atoms with E-state index in [4.69, 9.17) is 0 Å². The second kappa shape index (κ2) is 5.77. The van der Waals surface area contributed by atoms with Crippen LogP contribution in [0.25, 0.3) is 11.1 Å². The van der Waals surface area contributed by atoms with Crippen molar-refractivity contribution in [2.75, 3.05) is 6.67 Å². The van der Waals surface area contributed by atoms with Crippen molar-refractivity contribution in [3.05, 3.63) is 78.7 Å². The smallest absolute Gasteiger partial charge is 0.313 e. The normalized spacial score (nSPS) is 16.6. The van der Waals surface area contributed by atoms with Crippen LogP contribution in [-0.4, -0.2) is 33.5 Å². The van der Waals surface area contributed by atoms with Gasteiger partial charge in [-0.05, 0) is 17.7 Å². The summed E-state index contributed by atoms with van der Waals surface area (Å²) >= 11 is 0. The van der Waals surface area contributed by atoms with Crippen molar-refractivity contribution in [2.45, 2.75) is 6.30 Å². The number of nitrogens with zero attached hydrogens (tertiary/aromatic N) is 4. The van der Waals surface area contributed by atoms with Crippen molar-refractivity contribution in [3.8, 4) is 11.1 Å². The molecular weight excluding hydrogens is 329 g/mol. The molecule has 2 aliphatic heterocycles. The van der Waals surface area contributed by atoms with E-state index in [-0.39, 0.29) is 12.5 Å². The van der Waals surface area contributed by atoms with Gasteiger partial charge in [-0.25, -0.2) is 4.99 Å². The Morgan fingerprint density at radius 1 is 0.960 bits per heavy atom. The zero-order valence-electron chi connectivity index (χ0n) is 13.0. The van der Waals surface area contributed by atoms with Gasteiger partial charge in [0.15, 0.2) is 5.82 Å². The molecule has 0 saturated heterocycles. The monoisotopic (exact) mass is 342 g/mol. The number of benzene rings is 1. The molecular formula is C18H13F3N4. The van der Waals surface area contributed by atoms with E-state index in [0.717, 1.165) is 22.9 Å². The van der Waals surface area contributed by atoms with Gasteiger partial charge in [-0.2, -0.15) is 13.2 Å². The van der Waals surface area contributed by atoms with Crippen LogP contribution in [0, 0.1) is 0 Å². The van der Waals surface area contributed by atoms with Crippen LogP contribution in [-0.2, 0) is 0 Å². The maximum Gasteiger partial charge on any atom is 0.486 e. The Balaban J connectivity index is 1.66. The van der Waals surface area contributed by atoms with Gasteiger partial charge in [-0.3, -0.25) is 9.88 Å². The number of aliphatic imine (C=N–C) groups is 1. The third-order valence-electron chi connectivity index (χ3n) is 3.98. The molecule has 3 heterocycles. The summed E-state index contributed by atoms with van der Waals surface area (Å²) in [6, 6.07) is 11.7. The number of fused-ring (bicyclic) bond motifs is 1. The number of hydrogen-bond donors (Lipinski definition) is 0. The van der Waals surface area contributed by atoms with E-state index in [1.165, 1.54) is 4.90 Å². The van der Waals surface area contributed by atoms with E-state index < -0.39 is 6.30 Å². The lowest BCUT2D eigenvalue weighted by Gasteiger charge is -2.22. The second-order valence-corrected chi connectivity index (χ2v) is 5.68. The lowest BCUT2D eigenvalue weighted by molar-refractivity contribution is -0.229. The van der Waals surface area contributed by atoms with Gasteiger partial charge in [0, 0.05) is 29.7 Å². The molecule has 0 spiro atoms. The molecule has 0 N–H and O–H groups in total. The van der Waals surface area contributed by atoms with E-state index in [1.807, 2.05) is 36.4 Å². The Morgan fingerprint density at radius 2 is 1.72 bits per heavy atom. The third kappa shape index (κ3) is 3.00. The predicted octanol–water partition coefficient (Wildman–Crippen LogP) is 3.96. The molecule has 0 aliphatic carbocycles. The van der Waals surface area contributed by atoms with Crippen molar-refractivity contribution in [1.82, 2.24) is 14.8 Å². The minimum atomic E-state index is -4.41. The van der Waals surface area contributed by atoms with Crippen LogP contribution in [0.15, 0.2) is 78.1 Å². The van der Waals surface area contributed by atoms with Crippen molar-refractivity contribution in [3.63, 3.8) is 0 Å². The van der Waals surface area contributed by atoms with Crippen LogP contribution in [0.3, 0.4) is 0 Å². The SMILES string of the molecule is FC(F)(F)N1C=C2N=C(c3cncc(-c4ccccc4)c3)C=CN2C1. The van der Waals surface area contributed by atoms with E-state index >= 15 is 0 Å². The number of pyridine rings is 1. The van der Waals surface area contributed by atoms with Crippen molar-refractivity contribution in [2.24, 2.45) is 4.99 Å². The first-order chi connectivity index (χ1) is 12.0. The molecule has 2 aliphatic rings. The number of hydrogen-bond acceptors (Lipinski definition) is 4. The summed E-state index contributed by atoms with van der Waals surface area (Å²) in [4.78, 5) is 10.3. The number of rotatable bonds is 2. The Hall–Kier alpha value is -3.09. The van der Waals surface area contributed by atoms with Gasteiger partial charge in [0.25, 0.3) is 0 Å². The molecule has 0 atom stereocenters. The molecule has 126 valence electrons. The highest BCUT2D eigenvalue weighted by atomic mass is 19.4. The third-order valence-corrected chi connectivity index (χ3v) is 3.98. The van der Waals surface area contributed by atoms with E-state index in [1.54, 1.807) is 24.7 Å². The lowest BCUT2D eigenvalue weighted by Crippen LogP contribution is -2.35. The van der Waals surface area contributed by atoms with Gasteiger partial charge in [0.2, 0.25) is 0 Å². The van der Waals surface area contributed by atoms with Crippen LogP contribution in [0.1, 0.15) is 5.56 Å². The molecule has 0 saturated carbocycles. The maximum atomic E-state index is 12.8. The molecule has 0 fully saturated rings. The Morgan fingerprint density at radius 3 is 2.48 bits per heavy atom. The van der Waals surface area contributed by atoms with Gasteiger partial charge in [-0.1, -0.05) is 30.3 Å². The topological polar surface area (TPSA) is 31.7 Å². The van der Waals surface area contributed by atoms with Crippen molar-refractivity contribution < 1.29 is 13.2 Å². The van der Waals surface area contributed by atoms with Gasteiger partial charge in [0.1, 0.15) is 6.67 Å². The van der Waals surface area contributed by atoms with Gasteiger partial charge in [0.05, 0.1) is 11.9 Å². The first kappa shape index (κ1) is 15.4. The van der Waals surface area contributed by atoms with E-state index in [2.05, 4.69) is 9.98 Å². The first-order valence-electron chi connectivity index (χ1n) is 7.60. The molecule has 0 unspecified atom stereocenters. The predicted molar refractivity (Wildman–Crippen MR) is 88.0 cm³/mol. The summed E-state index contributed by atoms with van der Waals surface area (Å²) in [6.07, 6.45) is 3.31.